The van der Waals surface area contributed by atoms with Crippen LogP contribution >= 0.6 is 0 Å². The van der Waals surface area contributed by atoms with Gasteiger partial charge in [-0.15, -0.1) is 0 Å². The van der Waals surface area contributed by atoms with Crippen LogP contribution in [0.2, 0.25) is 0 Å². The van der Waals surface area contributed by atoms with Gasteiger partial charge in [-0.3, -0.25) is 14.4 Å². The van der Waals surface area contributed by atoms with Crippen LogP contribution in [0, 0.1) is 0 Å². The number of carbonyl (C=O) groups is 3. The van der Waals surface area contributed by atoms with Crippen molar-refractivity contribution < 1.29 is 28.6 Å². The summed E-state index contributed by atoms with van der Waals surface area (Å²) < 4.78 is 10.5. The predicted octanol–water partition coefficient (Wildman–Crippen LogP) is 0.0512. The van der Waals surface area contributed by atoms with Gasteiger partial charge in [0.05, 0.1) is 6.54 Å². The highest BCUT2D eigenvalue weighted by Gasteiger charge is 2.09. The molecule has 9 nitrogen and oxygen atoms in total. The molecule has 0 spiro atoms. The monoisotopic (exact) mass is 362 g/mol. The third-order valence-electron chi connectivity index (χ3n) is 3.44. The van der Waals surface area contributed by atoms with E-state index in [2.05, 4.69) is 10.6 Å². The summed E-state index contributed by atoms with van der Waals surface area (Å²) in [7, 11) is 0. The molecule has 0 unspecified atom stereocenters. The maximum absolute atomic E-state index is 11.7. The Morgan fingerprint density at radius 3 is 2.54 bits per heavy atom. The van der Waals surface area contributed by atoms with Crippen LogP contribution in [0.1, 0.15) is 12.5 Å². The lowest BCUT2D eigenvalue weighted by Crippen LogP contribution is -2.40. The molecule has 1 aromatic heterocycles. The van der Waals surface area contributed by atoms with E-state index in [0.29, 0.717) is 17.8 Å². The maximum Gasteiger partial charge on any atom is 0.336 e. The molecule has 2 aromatic rings. The normalized spacial score (nSPS) is 10.3. The fraction of sp³-hybridized carbons (Fsp3) is 0.294. The Labute approximate surface area is 147 Å². The van der Waals surface area contributed by atoms with E-state index >= 15 is 0 Å². The number of nitrogens with one attached hydrogen (secondary N) is 2. The largest absolute Gasteiger partial charge is 0.484 e. The molecule has 138 valence electrons. The van der Waals surface area contributed by atoms with Crippen molar-refractivity contribution in [2.24, 2.45) is 0 Å². The second-order valence-electron chi connectivity index (χ2n) is 5.34. The summed E-state index contributed by atoms with van der Waals surface area (Å²) in [4.78, 5) is 44.8. The van der Waals surface area contributed by atoms with Gasteiger partial charge in [0.15, 0.2) is 6.61 Å². The number of carboxylic acids is 1. The first kappa shape index (κ1) is 19.0. The maximum atomic E-state index is 11.7. The summed E-state index contributed by atoms with van der Waals surface area (Å²) in [6, 6.07) is 6.34. The number of amides is 2. The van der Waals surface area contributed by atoms with Crippen LogP contribution < -0.4 is 21.0 Å². The lowest BCUT2D eigenvalue weighted by molar-refractivity contribution is -0.137. The summed E-state index contributed by atoms with van der Waals surface area (Å²) in [6.07, 6.45) is 0.675. The zero-order valence-electron chi connectivity index (χ0n) is 14.0. The highest BCUT2D eigenvalue weighted by atomic mass is 16.5. The van der Waals surface area contributed by atoms with Gasteiger partial charge in [-0.1, -0.05) is 6.92 Å². The third-order valence-corrected chi connectivity index (χ3v) is 3.44. The minimum atomic E-state index is -1.18. The molecule has 0 radical (unpaired) electrons. The first-order valence-electron chi connectivity index (χ1n) is 7.83. The highest BCUT2D eigenvalue weighted by Crippen LogP contribution is 2.22. The first-order valence-corrected chi connectivity index (χ1v) is 7.83. The average Bonchev–Trinajstić information content (AvgIpc) is 2.61. The van der Waals surface area contributed by atoms with E-state index < -0.39 is 30.0 Å². The van der Waals surface area contributed by atoms with Gasteiger partial charge in [-0.25, -0.2) is 4.79 Å². The lowest BCUT2D eigenvalue weighted by atomic mass is 10.1. The Kier molecular flexibility index (Phi) is 6.31. The van der Waals surface area contributed by atoms with Crippen LogP contribution in [0.3, 0.4) is 0 Å². The van der Waals surface area contributed by atoms with Crippen molar-refractivity contribution >= 4 is 28.8 Å². The molecule has 1 aromatic carbocycles. The molecular formula is C17H18N2O7. The quantitative estimate of drug-likeness (QED) is 0.565. The van der Waals surface area contributed by atoms with E-state index in [0.717, 1.165) is 10.9 Å². The molecule has 2 rings (SSSR count). The molecule has 1 heterocycles. The van der Waals surface area contributed by atoms with Gasteiger partial charge < -0.3 is 24.9 Å². The van der Waals surface area contributed by atoms with Crippen LogP contribution in [0.4, 0.5) is 0 Å². The number of benzene rings is 1. The van der Waals surface area contributed by atoms with E-state index in [1.807, 2.05) is 6.92 Å². The van der Waals surface area contributed by atoms with Crippen molar-refractivity contribution in [2.45, 2.75) is 13.3 Å². The van der Waals surface area contributed by atoms with Crippen LogP contribution in [-0.2, 0) is 20.8 Å². The summed E-state index contributed by atoms with van der Waals surface area (Å²) in [5.74, 6) is -2.03. The van der Waals surface area contributed by atoms with E-state index in [1.165, 1.54) is 12.1 Å². The smallest absolute Gasteiger partial charge is 0.336 e. The predicted molar refractivity (Wildman–Crippen MR) is 91.0 cm³/mol. The van der Waals surface area contributed by atoms with Crippen molar-refractivity contribution in [3.05, 3.63) is 40.2 Å². The minimum Gasteiger partial charge on any atom is -0.484 e. The van der Waals surface area contributed by atoms with Gasteiger partial charge in [0.25, 0.3) is 5.91 Å². The first-order chi connectivity index (χ1) is 12.4. The molecule has 9 heteroatoms. The summed E-state index contributed by atoms with van der Waals surface area (Å²) in [6.45, 7) is 0.695. The molecule has 0 saturated heterocycles. The van der Waals surface area contributed by atoms with Crippen molar-refractivity contribution in [3.63, 3.8) is 0 Å². The molecule has 3 N–H and O–H groups in total. The van der Waals surface area contributed by atoms with Gasteiger partial charge in [0.1, 0.15) is 17.9 Å². The van der Waals surface area contributed by atoms with E-state index in [9.17, 15) is 19.2 Å². The van der Waals surface area contributed by atoms with E-state index in [1.54, 1.807) is 12.1 Å². The van der Waals surface area contributed by atoms with E-state index in [4.69, 9.17) is 14.3 Å². The average molecular weight is 362 g/mol. The van der Waals surface area contributed by atoms with Crippen LogP contribution in [0.15, 0.2) is 33.5 Å². The number of hydrogen-bond donors (Lipinski definition) is 3. The molecule has 0 bridgehead atoms. The zero-order valence-corrected chi connectivity index (χ0v) is 14.0. The zero-order chi connectivity index (χ0) is 19.1. The Morgan fingerprint density at radius 1 is 1.12 bits per heavy atom. The molecule has 2 amide bonds. The fourth-order valence-corrected chi connectivity index (χ4v) is 2.21. The molecule has 0 fully saturated rings. The Bertz CT molecular complexity index is 888. The fourth-order valence-electron chi connectivity index (χ4n) is 2.21. The minimum absolute atomic E-state index is 0.333. The van der Waals surface area contributed by atoms with Crippen molar-refractivity contribution in [3.8, 4) is 5.75 Å². The molecule has 0 atom stereocenters. The van der Waals surface area contributed by atoms with Crippen LogP contribution in [-0.4, -0.2) is 42.6 Å². The third kappa shape index (κ3) is 5.33. The summed E-state index contributed by atoms with van der Waals surface area (Å²) in [5.41, 5.74) is 0.754. The number of hydrogen-bond acceptors (Lipinski definition) is 6. The second-order valence-corrected chi connectivity index (χ2v) is 5.34. The van der Waals surface area contributed by atoms with Gasteiger partial charge >= 0.3 is 11.6 Å². The Morgan fingerprint density at radius 2 is 1.85 bits per heavy atom. The highest BCUT2D eigenvalue weighted by molar-refractivity contribution is 5.87. The Balaban J connectivity index is 1.91. The number of rotatable bonds is 8. The number of fused-ring (bicyclic) bond motifs is 1. The topological polar surface area (TPSA) is 135 Å². The summed E-state index contributed by atoms with van der Waals surface area (Å²) >= 11 is 0. The van der Waals surface area contributed by atoms with Gasteiger partial charge in [-0.2, -0.15) is 0 Å². The van der Waals surface area contributed by atoms with Gasteiger partial charge in [0.2, 0.25) is 5.91 Å². The number of carboxylic acid groups (broad SMARTS) is 1. The van der Waals surface area contributed by atoms with Crippen LogP contribution in [0.25, 0.3) is 11.0 Å². The van der Waals surface area contributed by atoms with Crippen LogP contribution in [0.5, 0.6) is 5.75 Å². The molecule has 0 saturated carbocycles. The van der Waals surface area contributed by atoms with Crippen molar-refractivity contribution in [2.75, 3.05) is 19.7 Å². The standard InChI is InChI=1S/C17H18N2O7/c1-2-10-5-17(24)26-13-6-11(3-4-12(10)13)25-9-15(21)18-7-14(20)19-8-16(22)23/h3-6H,2,7-9H2,1H3,(H,18,21)(H,19,20)(H,22,23). The number of ether oxygens (including phenoxy) is 1. The SMILES string of the molecule is CCc1cc(=O)oc2cc(OCC(=O)NCC(=O)NCC(=O)O)ccc12. The number of aliphatic carboxylic acids is 1. The molecular weight excluding hydrogens is 344 g/mol. The van der Waals surface area contributed by atoms with Crippen molar-refractivity contribution in [1.29, 1.82) is 0 Å². The van der Waals surface area contributed by atoms with Crippen molar-refractivity contribution in [1.82, 2.24) is 10.6 Å². The molecule has 26 heavy (non-hydrogen) atoms. The van der Waals surface area contributed by atoms with Gasteiger partial charge in [-0.05, 0) is 24.1 Å². The molecule has 0 aliphatic carbocycles. The molecule has 0 aliphatic rings. The molecule has 0 aliphatic heterocycles. The van der Waals surface area contributed by atoms with E-state index in [-0.39, 0.29) is 13.2 Å². The second kappa shape index (κ2) is 8.65. The number of carbonyl (C=O) groups excluding carboxylic acids is 2. The Hall–Kier alpha value is -3.36. The lowest BCUT2D eigenvalue weighted by Gasteiger charge is -2.09. The number of aryl methyl sites for hydroxylation is 1. The summed E-state index contributed by atoms with van der Waals surface area (Å²) in [5, 5.41) is 13.6. The van der Waals surface area contributed by atoms with Gasteiger partial charge in [0, 0.05) is 17.5 Å².